The predicted molar refractivity (Wildman–Crippen MR) is 93.3 cm³/mol. The van der Waals surface area contributed by atoms with E-state index in [4.69, 9.17) is 0 Å². The van der Waals surface area contributed by atoms with Crippen LogP contribution in [0.3, 0.4) is 0 Å². The zero-order chi connectivity index (χ0) is 14.6. The van der Waals surface area contributed by atoms with Gasteiger partial charge in [0, 0.05) is 9.30 Å². The van der Waals surface area contributed by atoms with Crippen molar-refractivity contribution in [2.24, 2.45) is 5.92 Å². The van der Waals surface area contributed by atoms with E-state index in [-0.39, 0.29) is 0 Å². The summed E-state index contributed by atoms with van der Waals surface area (Å²) in [5.41, 5.74) is 5.64. The Balaban J connectivity index is 3.16. The Morgan fingerprint density at radius 2 is 1.53 bits per heavy atom. The van der Waals surface area contributed by atoms with Crippen LogP contribution in [-0.2, 0) is 0 Å². The highest BCUT2D eigenvalue weighted by molar-refractivity contribution is 9.10. The van der Waals surface area contributed by atoms with E-state index in [1.807, 2.05) is 0 Å². The largest absolute Gasteiger partial charge is 0.0836 e. The van der Waals surface area contributed by atoms with Crippen molar-refractivity contribution in [3.8, 4) is 0 Å². The van der Waals surface area contributed by atoms with E-state index in [0.717, 1.165) is 5.92 Å². The first-order valence-corrected chi connectivity index (χ1v) is 9.05. The summed E-state index contributed by atoms with van der Waals surface area (Å²) in [4.78, 5) is 0.476. The molecule has 0 radical (unpaired) electrons. The zero-order valence-corrected chi connectivity index (χ0v) is 16.0. The monoisotopic (exact) mass is 388 g/mol. The van der Waals surface area contributed by atoms with Gasteiger partial charge >= 0.3 is 0 Å². The van der Waals surface area contributed by atoms with Gasteiger partial charge in [0.1, 0.15) is 0 Å². The van der Waals surface area contributed by atoms with Crippen LogP contribution < -0.4 is 0 Å². The Morgan fingerprint density at radius 3 is 2.00 bits per heavy atom. The van der Waals surface area contributed by atoms with Gasteiger partial charge in [-0.3, -0.25) is 0 Å². The fraction of sp³-hybridized carbons (Fsp3) is 0.647. The predicted octanol–water partition coefficient (Wildman–Crippen LogP) is 7.03. The zero-order valence-electron chi connectivity index (χ0n) is 12.8. The Kier molecular flexibility index (Phi) is 7.10. The average molecular weight is 390 g/mol. The molecule has 1 aromatic carbocycles. The molecule has 0 aliphatic rings. The molecular weight excluding hydrogens is 364 g/mol. The van der Waals surface area contributed by atoms with Crippen molar-refractivity contribution in [2.45, 2.75) is 65.1 Å². The van der Waals surface area contributed by atoms with Crippen LogP contribution >= 0.6 is 31.9 Å². The highest BCUT2D eigenvalue weighted by Crippen LogP contribution is 2.42. The van der Waals surface area contributed by atoms with E-state index in [1.54, 1.807) is 0 Å². The Bertz CT molecular complexity index is 418. The summed E-state index contributed by atoms with van der Waals surface area (Å²) < 4.78 is 1.27. The van der Waals surface area contributed by atoms with Gasteiger partial charge in [-0.05, 0) is 61.8 Å². The molecule has 0 bridgehead atoms. The maximum atomic E-state index is 3.99. The van der Waals surface area contributed by atoms with Crippen LogP contribution in [0.25, 0.3) is 0 Å². The summed E-state index contributed by atoms with van der Waals surface area (Å²) in [6, 6.07) is 2.30. The second kappa shape index (κ2) is 7.83. The molecule has 0 aromatic heterocycles. The maximum Gasteiger partial charge on any atom is 0.0429 e. The molecule has 1 atom stereocenters. The van der Waals surface area contributed by atoms with Crippen molar-refractivity contribution < 1.29 is 0 Å². The van der Waals surface area contributed by atoms with E-state index in [0.29, 0.717) is 4.83 Å². The third kappa shape index (κ3) is 4.07. The van der Waals surface area contributed by atoms with Crippen molar-refractivity contribution in [1.82, 2.24) is 0 Å². The summed E-state index contributed by atoms with van der Waals surface area (Å²) in [6.07, 6.45) is 5.12. The summed E-state index contributed by atoms with van der Waals surface area (Å²) in [7, 11) is 0. The van der Waals surface area contributed by atoms with Crippen LogP contribution in [0.5, 0.6) is 0 Å². The van der Waals surface area contributed by atoms with Gasteiger partial charge in [-0.25, -0.2) is 0 Å². The van der Waals surface area contributed by atoms with Gasteiger partial charge in [-0.1, -0.05) is 64.6 Å². The van der Waals surface area contributed by atoms with Crippen molar-refractivity contribution in [2.75, 3.05) is 0 Å². The number of hydrogen-bond donors (Lipinski definition) is 0. The molecule has 2 heteroatoms. The molecule has 0 amide bonds. The third-order valence-electron chi connectivity index (χ3n) is 3.95. The lowest BCUT2D eigenvalue weighted by atomic mass is 9.86. The molecule has 108 valence electrons. The Morgan fingerprint density at radius 1 is 1.00 bits per heavy atom. The van der Waals surface area contributed by atoms with E-state index < -0.39 is 0 Å². The lowest BCUT2D eigenvalue weighted by Gasteiger charge is -2.26. The van der Waals surface area contributed by atoms with E-state index in [2.05, 4.69) is 72.5 Å². The van der Waals surface area contributed by atoms with Gasteiger partial charge in [0.2, 0.25) is 0 Å². The van der Waals surface area contributed by atoms with Crippen LogP contribution in [0.15, 0.2) is 10.5 Å². The molecule has 0 nitrogen and oxygen atoms in total. The highest BCUT2D eigenvalue weighted by atomic mass is 79.9. The molecule has 1 rings (SSSR count). The first-order valence-electron chi connectivity index (χ1n) is 7.34. The van der Waals surface area contributed by atoms with Crippen LogP contribution in [0.4, 0.5) is 0 Å². The lowest BCUT2D eigenvalue weighted by molar-refractivity contribution is 0.433. The molecule has 1 unspecified atom stereocenters. The van der Waals surface area contributed by atoms with Crippen LogP contribution in [0.1, 0.15) is 66.6 Å². The lowest BCUT2D eigenvalue weighted by Crippen LogP contribution is -2.11. The molecule has 0 saturated carbocycles. The topological polar surface area (TPSA) is 0 Å². The molecular formula is C17H26Br2. The summed E-state index contributed by atoms with van der Waals surface area (Å²) >= 11 is 7.73. The van der Waals surface area contributed by atoms with E-state index in [1.165, 1.54) is 52.4 Å². The van der Waals surface area contributed by atoms with Gasteiger partial charge in [-0.2, -0.15) is 0 Å². The maximum absolute atomic E-state index is 3.99. The highest BCUT2D eigenvalue weighted by Gasteiger charge is 2.23. The molecule has 0 aliphatic heterocycles. The van der Waals surface area contributed by atoms with E-state index in [9.17, 15) is 0 Å². The standard InChI is InChI=1S/C17H26Br2/c1-6-8-14(9-7-2)17(19)15-11(3)10-12(4)16(18)13(15)5/h10,14,17H,6-9H2,1-5H3. The molecule has 19 heavy (non-hydrogen) atoms. The fourth-order valence-corrected chi connectivity index (χ4v) is 4.58. The minimum Gasteiger partial charge on any atom is -0.0836 e. The smallest absolute Gasteiger partial charge is 0.0429 e. The number of aryl methyl sites for hydroxylation is 2. The van der Waals surface area contributed by atoms with Gasteiger partial charge in [0.05, 0.1) is 0 Å². The number of alkyl halides is 1. The van der Waals surface area contributed by atoms with Crippen LogP contribution in [-0.4, -0.2) is 0 Å². The first-order chi connectivity index (χ1) is 8.93. The minimum atomic E-state index is 0.476. The number of benzene rings is 1. The van der Waals surface area contributed by atoms with Crippen LogP contribution in [0.2, 0.25) is 0 Å². The first kappa shape index (κ1) is 17.2. The molecule has 0 saturated heterocycles. The summed E-state index contributed by atoms with van der Waals surface area (Å²) in [5.74, 6) is 0.738. The van der Waals surface area contributed by atoms with Crippen molar-refractivity contribution >= 4 is 31.9 Å². The Hall–Kier alpha value is 0.180. The normalized spacial score (nSPS) is 13.1. The number of halogens is 2. The third-order valence-corrected chi connectivity index (χ3v) is 6.37. The summed E-state index contributed by atoms with van der Waals surface area (Å²) in [5, 5.41) is 0. The molecule has 0 N–H and O–H groups in total. The minimum absolute atomic E-state index is 0.476. The van der Waals surface area contributed by atoms with E-state index >= 15 is 0 Å². The van der Waals surface area contributed by atoms with Gasteiger partial charge in [0.15, 0.2) is 0 Å². The fourth-order valence-electron chi connectivity index (χ4n) is 3.01. The Labute approximate surface area is 135 Å². The van der Waals surface area contributed by atoms with Gasteiger partial charge < -0.3 is 0 Å². The van der Waals surface area contributed by atoms with Crippen molar-refractivity contribution in [3.05, 3.63) is 32.8 Å². The quantitative estimate of drug-likeness (QED) is 0.458. The van der Waals surface area contributed by atoms with Gasteiger partial charge in [-0.15, -0.1) is 0 Å². The molecule has 1 aromatic rings. The van der Waals surface area contributed by atoms with Crippen LogP contribution in [0, 0.1) is 26.7 Å². The number of hydrogen-bond acceptors (Lipinski definition) is 0. The van der Waals surface area contributed by atoms with Crippen molar-refractivity contribution in [1.29, 1.82) is 0 Å². The number of rotatable bonds is 6. The van der Waals surface area contributed by atoms with Gasteiger partial charge in [0.25, 0.3) is 0 Å². The molecule has 0 fully saturated rings. The summed E-state index contributed by atoms with van der Waals surface area (Å²) in [6.45, 7) is 11.2. The second-order valence-corrected chi connectivity index (χ2v) is 7.38. The second-order valence-electron chi connectivity index (χ2n) is 5.60. The average Bonchev–Trinajstić information content (AvgIpc) is 2.35. The SMILES string of the molecule is CCCC(CCC)C(Br)c1c(C)cc(C)c(Br)c1C. The van der Waals surface area contributed by atoms with Crippen molar-refractivity contribution in [3.63, 3.8) is 0 Å². The molecule has 0 heterocycles. The molecule has 0 spiro atoms. The molecule has 0 aliphatic carbocycles.